The van der Waals surface area contributed by atoms with Crippen LogP contribution in [-0.2, 0) is 6.54 Å². The van der Waals surface area contributed by atoms with Crippen LogP contribution in [0.1, 0.15) is 11.3 Å². The largest absolute Gasteiger partial charge is 0.395 e. The van der Waals surface area contributed by atoms with Gasteiger partial charge >= 0.3 is 0 Å². The first-order valence-corrected chi connectivity index (χ1v) is 4.91. The molecule has 0 atom stereocenters. The van der Waals surface area contributed by atoms with Crippen LogP contribution in [0, 0.1) is 13.8 Å². The zero-order valence-electron chi connectivity index (χ0n) is 8.62. The van der Waals surface area contributed by atoms with Crippen LogP contribution in [0.3, 0.4) is 0 Å². The van der Waals surface area contributed by atoms with Gasteiger partial charge in [0.1, 0.15) is 0 Å². The first-order chi connectivity index (χ1) is 6.75. The van der Waals surface area contributed by atoms with Crippen LogP contribution in [-0.4, -0.2) is 16.3 Å². The van der Waals surface area contributed by atoms with Crippen LogP contribution in [0.15, 0.2) is 24.3 Å². The van der Waals surface area contributed by atoms with Crippen molar-refractivity contribution in [1.82, 2.24) is 4.57 Å². The van der Waals surface area contributed by atoms with E-state index in [1.165, 1.54) is 22.2 Å². The number of hydrogen-bond acceptors (Lipinski definition) is 1. The molecule has 2 nitrogen and oxygen atoms in total. The normalized spacial score (nSPS) is 11.1. The van der Waals surface area contributed by atoms with Crippen molar-refractivity contribution >= 4 is 10.9 Å². The standard InChI is InChI=1S/C12H15NO/c1-9-10(2)13(7-8-14)12-6-4-3-5-11(9)12/h3-6,14H,7-8H2,1-2H3. The second-order valence-corrected chi connectivity index (χ2v) is 3.60. The first-order valence-electron chi connectivity index (χ1n) is 4.91. The molecule has 0 bridgehead atoms. The first kappa shape index (κ1) is 9.28. The minimum absolute atomic E-state index is 0.193. The number of hydrogen-bond donors (Lipinski definition) is 1. The topological polar surface area (TPSA) is 25.2 Å². The van der Waals surface area contributed by atoms with Crippen molar-refractivity contribution in [3.8, 4) is 0 Å². The quantitative estimate of drug-likeness (QED) is 0.770. The molecule has 0 aliphatic rings. The Morgan fingerprint density at radius 2 is 1.93 bits per heavy atom. The molecule has 14 heavy (non-hydrogen) atoms. The maximum Gasteiger partial charge on any atom is 0.0610 e. The van der Waals surface area contributed by atoms with Gasteiger partial charge in [0.25, 0.3) is 0 Å². The van der Waals surface area contributed by atoms with Crippen molar-refractivity contribution in [3.05, 3.63) is 35.5 Å². The average Bonchev–Trinajstić information content (AvgIpc) is 2.45. The van der Waals surface area contributed by atoms with E-state index in [0.29, 0.717) is 6.54 Å². The predicted molar refractivity (Wildman–Crippen MR) is 58.5 cm³/mol. The van der Waals surface area contributed by atoms with Gasteiger partial charge in [-0.25, -0.2) is 0 Å². The number of aliphatic hydroxyl groups excluding tert-OH is 1. The highest BCUT2D eigenvalue weighted by Gasteiger charge is 2.08. The Hall–Kier alpha value is -1.28. The molecule has 0 spiro atoms. The lowest BCUT2D eigenvalue weighted by Crippen LogP contribution is -2.03. The van der Waals surface area contributed by atoms with Gasteiger partial charge in [0.05, 0.1) is 6.61 Å². The van der Waals surface area contributed by atoms with E-state index in [4.69, 9.17) is 5.11 Å². The molecule has 2 aromatic rings. The molecule has 0 aliphatic carbocycles. The number of rotatable bonds is 2. The second kappa shape index (κ2) is 3.46. The lowest BCUT2D eigenvalue weighted by atomic mass is 10.2. The third-order valence-electron chi connectivity index (χ3n) is 2.87. The highest BCUT2D eigenvalue weighted by Crippen LogP contribution is 2.24. The van der Waals surface area contributed by atoms with E-state index in [1.807, 2.05) is 6.07 Å². The van der Waals surface area contributed by atoms with E-state index in [0.717, 1.165) is 0 Å². The summed E-state index contributed by atoms with van der Waals surface area (Å²) in [5.74, 6) is 0. The lowest BCUT2D eigenvalue weighted by Gasteiger charge is -2.05. The van der Waals surface area contributed by atoms with Crippen LogP contribution in [0.25, 0.3) is 10.9 Å². The van der Waals surface area contributed by atoms with Gasteiger partial charge in [0.15, 0.2) is 0 Å². The molecule has 2 rings (SSSR count). The molecule has 0 unspecified atom stereocenters. The van der Waals surface area contributed by atoms with Crippen molar-refractivity contribution in [2.45, 2.75) is 20.4 Å². The Morgan fingerprint density at radius 1 is 1.21 bits per heavy atom. The molecule has 0 amide bonds. The van der Waals surface area contributed by atoms with Crippen LogP contribution in [0.4, 0.5) is 0 Å². The van der Waals surface area contributed by atoms with Gasteiger partial charge in [-0.2, -0.15) is 0 Å². The number of aromatic nitrogens is 1. The minimum atomic E-state index is 0.193. The number of fused-ring (bicyclic) bond motifs is 1. The average molecular weight is 189 g/mol. The molecule has 1 aromatic carbocycles. The van der Waals surface area contributed by atoms with Crippen molar-refractivity contribution in [2.75, 3.05) is 6.61 Å². The van der Waals surface area contributed by atoms with Gasteiger partial charge in [0.2, 0.25) is 0 Å². The van der Waals surface area contributed by atoms with Crippen LogP contribution < -0.4 is 0 Å². The van der Waals surface area contributed by atoms with Gasteiger partial charge in [-0.05, 0) is 25.5 Å². The number of benzene rings is 1. The Labute approximate surface area is 83.8 Å². The minimum Gasteiger partial charge on any atom is -0.395 e. The van der Waals surface area contributed by atoms with E-state index in [2.05, 4.69) is 36.6 Å². The summed E-state index contributed by atoms with van der Waals surface area (Å²) >= 11 is 0. The highest BCUT2D eigenvalue weighted by molar-refractivity contribution is 5.85. The zero-order chi connectivity index (χ0) is 10.1. The molecule has 74 valence electrons. The molecule has 0 radical (unpaired) electrons. The predicted octanol–water partition coefficient (Wildman–Crippen LogP) is 2.25. The van der Waals surface area contributed by atoms with E-state index >= 15 is 0 Å². The van der Waals surface area contributed by atoms with Crippen LogP contribution >= 0.6 is 0 Å². The Morgan fingerprint density at radius 3 is 2.64 bits per heavy atom. The van der Waals surface area contributed by atoms with Crippen molar-refractivity contribution in [1.29, 1.82) is 0 Å². The van der Waals surface area contributed by atoms with Gasteiger partial charge in [0, 0.05) is 23.1 Å². The SMILES string of the molecule is Cc1c(C)n(CCO)c2ccccc12. The monoisotopic (exact) mass is 189 g/mol. The summed E-state index contributed by atoms with van der Waals surface area (Å²) in [6.07, 6.45) is 0. The fourth-order valence-electron chi connectivity index (χ4n) is 1.99. The maximum absolute atomic E-state index is 8.99. The molecule has 0 fully saturated rings. The van der Waals surface area contributed by atoms with E-state index in [9.17, 15) is 0 Å². The third kappa shape index (κ3) is 1.23. The van der Waals surface area contributed by atoms with Crippen LogP contribution in [0.5, 0.6) is 0 Å². The highest BCUT2D eigenvalue weighted by atomic mass is 16.3. The fourth-order valence-corrected chi connectivity index (χ4v) is 1.99. The Bertz CT molecular complexity index is 457. The smallest absolute Gasteiger partial charge is 0.0610 e. The summed E-state index contributed by atoms with van der Waals surface area (Å²) in [7, 11) is 0. The summed E-state index contributed by atoms with van der Waals surface area (Å²) < 4.78 is 2.17. The summed E-state index contributed by atoms with van der Waals surface area (Å²) in [6, 6.07) is 8.32. The molecule has 0 saturated heterocycles. The molecule has 2 heteroatoms. The number of aryl methyl sites for hydroxylation is 1. The summed E-state index contributed by atoms with van der Waals surface area (Å²) in [5, 5.41) is 10.3. The Kier molecular flexibility index (Phi) is 2.30. The van der Waals surface area contributed by atoms with Gasteiger partial charge in [-0.1, -0.05) is 18.2 Å². The van der Waals surface area contributed by atoms with Gasteiger partial charge < -0.3 is 9.67 Å². The summed E-state index contributed by atoms with van der Waals surface area (Å²) in [5.41, 5.74) is 3.78. The number of nitrogens with zero attached hydrogens (tertiary/aromatic N) is 1. The second-order valence-electron chi connectivity index (χ2n) is 3.60. The molecule has 0 saturated carbocycles. The lowest BCUT2D eigenvalue weighted by molar-refractivity contribution is 0.277. The summed E-state index contributed by atoms with van der Waals surface area (Å²) in [4.78, 5) is 0. The molecular formula is C12H15NO. The Balaban J connectivity index is 2.74. The molecule has 1 aromatic heterocycles. The molecular weight excluding hydrogens is 174 g/mol. The molecule has 1 N–H and O–H groups in total. The third-order valence-corrected chi connectivity index (χ3v) is 2.87. The number of aliphatic hydroxyl groups is 1. The zero-order valence-corrected chi connectivity index (χ0v) is 8.62. The van der Waals surface area contributed by atoms with Crippen molar-refractivity contribution < 1.29 is 5.11 Å². The van der Waals surface area contributed by atoms with Gasteiger partial charge in [-0.15, -0.1) is 0 Å². The molecule has 1 heterocycles. The van der Waals surface area contributed by atoms with E-state index in [-0.39, 0.29) is 6.61 Å². The van der Waals surface area contributed by atoms with Gasteiger partial charge in [-0.3, -0.25) is 0 Å². The number of para-hydroxylation sites is 1. The van der Waals surface area contributed by atoms with Crippen molar-refractivity contribution in [2.24, 2.45) is 0 Å². The van der Waals surface area contributed by atoms with Crippen molar-refractivity contribution in [3.63, 3.8) is 0 Å². The molecule has 0 aliphatic heterocycles. The maximum atomic E-state index is 8.99. The van der Waals surface area contributed by atoms with E-state index in [1.54, 1.807) is 0 Å². The van der Waals surface area contributed by atoms with Crippen LogP contribution in [0.2, 0.25) is 0 Å². The fraction of sp³-hybridized carbons (Fsp3) is 0.333. The van der Waals surface area contributed by atoms with E-state index < -0.39 is 0 Å². The summed E-state index contributed by atoms with van der Waals surface area (Å²) in [6.45, 7) is 5.11.